The Balaban J connectivity index is 2.65. The number of nitrogens with zero attached hydrogens (tertiary/aromatic N) is 1. The third kappa shape index (κ3) is 3.62. The second kappa shape index (κ2) is 5.62. The lowest BCUT2D eigenvalue weighted by molar-refractivity contribution is 0.0952. The van der Waals surface area contributed by atoms with E-state index in [4.69, 9.17) is 9.84 Å². The summed E-state index contributed by atoms with van der Waals surface area (Å²) in [5.41, 5.74) is -0.549. The van der Waals surface area contributed by atoms with Crippen molar-refractivity contribution in [3.05, 3.63) is 0 Å². The minimum atomic E-state index is -3.52. The van der Waals surface area contributed by atoms with E-state index in [1.807, 2.05) is 13.8 Å². The highest BCUT2D eigenvalue weighted by Gasteiger charge is 2.41. The van der Waals surface area contributed by atoms with Crippen LogP contribution >= 0.6 is 0 Å². The number of aliphatic hydroxyl groups is 1. The molecule has 1 aliphatic rings. The molecule has 0 spiro atoms. The smallest absolute Gasteiger partial charge is 0.279 e. The SMILES string of the molecule is CC1OCCC1(C)NS(=O)(=O)N(C)CCCO. The summed E-state index contributed by atoms with van der Waals surface area (Å²) in [6.45, 7) is 4.57. The van der Waals surface area contributed by atoms with Gasteiger partial charge in [0, 0.05) is 26.8 Å². The first kappa shape index (κ1) is 14.8. The van der Waals surface area contributed by atoms with Gasteiger partial charge in [0.25, 0.3) is 10.2 Å². The van der Waals surface area contributed by atoms with Crippen LogP contribution in [-0.4, -0.2) is 56.3 Å². The molecule has 1 saturated heterocycles. The molecule has 1 heterocycles. The van der Waals surface area contributed by atoms with Gasteiger partial charge in [0.2, 0.25) is 0 Å². The summed E-state index contributed by atoms with van der Waals surface area (Å²) < 4.78 is 33.3. The van der Waals surface area contributed by atoms with Crippen LogP contribution in [0.3, 0.4) is 0 Å². The summed E-state index contributed by atoms with van der Waals surface area (Å²) in [4.78, 5) is 0. The lowest BCUT2D eigenvalue weighted by atomic mass is 9.97. The summed E-state index contributed by atoms with van der Waals surface area (Å²) in [6.07, 6.45) is 0.963. The molecule has 0 radical (unpaired) electrons. The van der Waals surface area contributed by atoms with E-state index in [2.05, 4.69) is 4.72 Å². The standard InChI is InChI=1S/C10H22N2O4S/c1-9-10(2,5-8-16-9)11-17(14,15)12(3)6-4-7-13/h9,11,13H,4-8H2,1-3H3. The second-order valence-electron chi connectivity index (χ2n) is 4.69. The van der Waals surface area contributed by atoms with Gasteiger partial charge in [0.05, 0.1) is 11.6 Å². The third-order valence-corrected chi connectivity index (χ3v) is 5.02. The van der Waals surface area contributed by atoms with Crippen LogP contribution in [0.25, 0.3) is 0 Å². The normalized spacial score (nSPS) is 30.1. The number of hydrogen-bond acceptors (Lipinski definition) is 4. The first-order valence-corrected chi connectivity index (χ1v) is 7.23. The van der Waals surface area contributed by atoms with Gasteiger partial charge in [0.15, 0.2) is 0 Å². The van der Waals surface area contributed by atoms with E-state index < -0.39 is 15.7 Å². The Hall–Kier alpha value is -0.210. The van der Waals surface area contributed by atoms with Gasteiger partial charge in [-0.05, 0) is 26.7 Å². The molecule has 0 aromatic heterocycles. The third-order valence-electron chi connectivity index (χ3n) is 3.29. The molecule has 0 amide bonds. The molecule has 1 rings (SSSR count). The van der Waals surface area contributed by atoms with E-state index in [-0.39, 0.29) is 12.7 Å². The van der Waals surface area contributed by atoms with E-state index >= 15 is 0 Å². The quantitative estimate of drug-likeness (QED) is 0.692. The molecule has 6 nitrogen and oxygen atoms in total. The molecule has 0 saturated carbocycles. The van der Waals surface area contributed by atoms with Gasteiger partial charge in [-0.25, -0.2) is 0 Å². The molecule has 0 aromatic carbocycles. The minimum Gasteiger partial charge on any atom is -0.396 e. The number of nitrogens with one attached hydrogen (secondary N) is 1. The molecule has 2 N–H and O–H groups in total. The Morgan fingerprint density at radius 2 is 2.24 bits per heavy atom. The molecule has 1 aliphatic heterocycles. The summed E-state index contributed by atoms with van der Waals surface area (Å²) >= 11 is 0. The predicted octanol–water partition coefficient (Wildman–Crippen LogP) is -0.297. The van der Waals surface area contributed by atoms with Crippen molar-refractivity contribution in [3.8, 4) is 0 Å². The Morgan fingerprint density at radius 3 is 2.71 bits per heavy atom. The molecular formula is C10H22N2O4S. The van der Waals surface area contributed by atoms with Crippen LogP contribution in [0.15, 0.2) is 0 Å². The van der Waals surface area contributed by atoms with Gasteiger partial charge in [-0.1, -0.05) is 0 Å². The largest absolute Gasteiger partial charge is 0.396 e. The van der Waals surface area contributed by atoms with E-state index in [9.17, 15) is 8.42 Å². The van der Waals surface area contributed by atoms with Crippen LogP contribution in [0.1, 0.15) is 26.7 Å². The van der Waals surface area contributed by atoms with Crippen molar-refractivity contribution >= 4 is 10.2 Å². The Labute approximate surface area is 103 Å². The average Bonchev–Trinajstić information content (AvgIpc) is 2.54. The van der Waals surface area contributed by atoms with Crippen molar-refractivity contribution < 1.29 is 18.3 Å². The Kier molecular flexibility index (Phi) is 4.91. The van der Waals surface area contributed by atoms with Gasteiger partial charge >= 0.3 is 0 Å². The molecule has 0 aromatic rings. The Morgan fingerprint density at radius 1 is 1.59 bits per heavy atom. The van der Waals surface area contributed by atoms with Gasteiger partial charge in [-0.15, -0.1) is 0 Å². The first-order valence-electron chi connectivity index (χ1n) is 5.79. The molecule has 2 unspecified atom stereocenters. The van der Waals surface area contributed by atoms with Crippen molar-refractivity contribution in [2.45, 2.75) is 38.3 Å². The first-order chi connectivity index (χ1) is 7.82. The fraction of sp³-hybridized carbons (Fsp3) is 1.00. The fourth-order valence-electron chi connectivity index (χ4n) is 1.76. The molecular weight excluding hydrogens is 244 g/mol. The summed E-state index contributed by atoms with van der Waals surface area (Å²) in [5, 5.41) is 8.70. The molecule has 2 atom stereocenters. The minimum absolute atomic E-state index is 0.0172. The number of ether oxygens (including phenoxy) is 1. The number of aliphatic hydroxyl groups excluding tert-OH is 1. The van der Waals surface area contributed by atoms with Crippen LogP contribution in [0.5, 0.6) is 0 Å². The zero-order valence-corrected chi connectivity index (χ0v) is 11.5. The fourth-order valence-corrected chi connectivity index (χ4v) is 3.14. The van der Waals surface area contributed by atoms with Crippen molar-refractivity contribution in [3.63, 3.8) is 0 Å². The van der Waals surface area contributed by atoms with Crippen LogP contribution in [0.4, 0.5) is 0 Å². The van der Waals surface area contributed by atoms with Crippen LogP contribution in [0, 0.1) is 0 Å². The van der Waals surface area contributed by atoms with Gasteiger partial charge < -0.3 is 9.84 Å². The highest BCUT2D eigenvalue weighted by molar-refractivity contribution is 7.87. The van der Waals surface area contributed by atoms with Crippen molar-refractivity contribution in [2.75, 3.05) is 26.8 Å². The highest BCUT2D eigenvalue weighted by Crippen LogP contribution is 2.26. The van der Waals surface area contributed by atoms with Crippen molar-refractivity contribution in [1.29, 1.82) is 0 Å². The molecule has 7 heteroatoms. The van der Waals surface area contributed by atoms with Crippen LogP contribution in [0.2, 0.25) is 0 Å². The van der Waals surface area contributed by atoms with E-state index in [0.717, 1.165) is 0 Å². The maximum Gasteiger partial charge on any atom is 0.279 e. The molecule has 1 fully saturated rings. The zero-order valence-electron chi connectivity index (χ0n) is 10.6. The number of rotatable bonds is 6. The number of hydrogen-bond donors (Lipinski definition) is 2. The highest BCUT2D eigenvalue weighted by atomic mass is 32.2. The topological polar surface area (TPSA) is 78.9 Å². The van der Waals surface area contributed by atoms with Gasteiger partial charge in [-0.3, -0.25) is 0 Å². The summed E-state index contributed by atoms with van der Waals surface area (Å²) in [5.74, 6) is 0. The molecule has 102 valence electrons. The van der Waals surface area contributed by atoms with Gasteiger partial charge in [0.1, 0.15) is 0 Å². The zero-order chi connectivity index (χ0) is 13.1. The average molecular weight is 266 g/mol. The van der Waals surface area contributed by atoms with Crippen molar-refractivity contribution in [1.82, 2.24) is 9.03 Å². The summed E-state index contributed by atoms with van der Waals surface area (Å²) in [7, 11) is -2.01. The monoisotopic (exact) mass is 266 g/mol. The van der Waals surface area contributed by atoms with Crippen LogP contribution < -0.4 is 4.72 Å². The van der Waals surface area contributed by atoms with E-state index in [1.165, 1.54) is 11.4 Å². The summed E-state index contributed by atoms with van der Waals surface area (Å²) in [6, 6.07) is 0. The van der Waals surface area contributed by atoms with E-state index in [0.29, 0.717) is 26.0 Å². The molecule has 0 aliphatic carbocycles. The van der Waals surface area contributed by atoms with Gasteiger partial charge in [-0.2, -0.15) is 17.4 Å². The van der Waals surface area contributed by atoms with Crippen LogP contribution in [-0.2, 0) is 14.9 Å². The Bertz CT molecular complexity index is 346. The van der Waals surface area contributed by atoms with E-state index in [1.54, 1.807) is 0 Å². The maximum absolute atomic E-state index is 12.0. The molecule has 17 heavy (non-hydrogen) atoms. The van der Waals surface area contributed by atoms with Crippen molar-refractivity contribution in [2.24, 2.45) is 0 Å². The predicted molar refractivity (Wildman–Crippen MR) is 64.8 cm³/mol. The maximum atomic E-state index is 12.0. The molecule has 0 bridgehead atoms. The lowest BCUT2D eigenvalue weighted by Gasteiger charge is -2.30. The lowest BCUT2D eigenvalue weighted by Crippen LogP contribution is -2.54. The second-order valence-corrected chi connectivity index (χ2v) is 6.46.